The quantitative estimate of drug-likeness (QED) is 0.187. The molecule has 0 spiro atoms. The number of halogens is 2. The molecule has 0 N–H and O–H groups in total. The fourth-order valence-corrected chi connectivity index (χ4v) is 6.89. The lowest BCUT2D eigenvalue weighted by atomic mass is 9.63. The fourth-order valence-electron chi connectivity index (χ4n) is 5.98. The van der Waals surface area contributed by atoms with Crippen LogP contribution in [0.15, 0.2) is 53.7 Å². The maximum atomic E-state index is 13.2. The molecule has 180 valence electrons. The van der Waals surface area contributed by atoms with E-state index in [2.05, 4.69) is 39.8 Å². The van der Waals surface area contributed by atoms with Gasteiger partial charge in [0.1, 0.15) is 6.61 Å². The van der Waals surface area contributed by atoms with Crippen molar-refractivity contribution in [3.05, 3.63) is 68.3 Å². The van der Waals surface area contributed by atoms with Crippen molar-refractivity contribution in [2.45, 2.75) is 20.0 Å². The fraction of sp³-hybridized carbons (Fsp3) is 0.370. The summed E-state index contributed by atoms with van der Waals surface area (Å²) < 4.78 is 12.8. The van der Waals surface area contributed by atoms with Gasteiger partial charge in [0.05, 0.1) is 28.2 Å². The predicted octanol–water partition coefficient (Wildman–Crippen LogP) is 5.31. The van der Waals surface area contributed by atoms with Crippen molar-refractivity contribution in [1.29, 1.82) is 0 Å². The van der Waals surface area contributed by atoms with E-state index in [1.54, 1.807) is 6.21 Å². The van der Waals surface area contributed by atoms with E-state index in [4.69, 9.17) is 21.1 Å². The zero-order valence-electron chi connectivity index (χ0n) is 19.1. The molecule has 1 saturated heterocycles. The van der Waals surface area contributed by atoms with Crippen LogP contribution in [0.25, 0.3) is 0 Å². The molecular weight excluding hydrogens is 579 g/mol. The van der Waals surface area contributed by atoms with E-state index >= 15 is 0 Å². The van der Waals surface area contributed by atoms with Crippen LogP contribution in [0.3, 0.4) is 0 Å². The van der Waals surface area contributed by atoms with Crippen molar-refractivity contribution < 1.29 is 19.1 Å². The summed E-state index contributed by atoms with van der Waals surface area (Å²) >= 11 is 8.17. The van der Waals surface area contributed by atoms with Crippen LogP contribution >= 0.6 is 34.2 Å². The molecule has 8 heteroatoms. The van der Waals surface area contributed by atoms with Crippen LogP contribution in [0.2, 0.25) is 5.02 Å². The highest BCUT2D eigenvalue weighted by atomic mass is 127. The summed E-state index contributed by atoms with van der Waals surface area (Å²) in [4.78, 5) is 26.3. The SMILES string of the molecule is CCOc1cc(C=NN2C(=O)[C@@H]3[C@H]4C=C[C@@H]([C@@H]5C[C@H]45)[C@@H]3C2=O)cc(I)c1OCc1ccc(Cl)cc1. The Morgan fingerprint density at radius 1 is 1.06 bits per heavy atom. The number of nitrogens with zero attached hydrogens (tertiary/aromatic N) is 2. The molecule has 6 atom stereocenters. The second-order valence-corrected chi connectivity index (χ2v) is 11.2. The van der Waals surface area contributed by atoms with E-state index in [0.717, 1.165) is 26.1 Å². The molecule has 2 bridgehead atoms. The minimum Gasteiger partial charge on any atom is -0.490 e. The Morgan fingerprint density at radius 2 is 1.71 bits per heavy atom. The van der Waals surface area contributed by atoms with Crippen LogP contribution in [0, 0.1) is 39.1 Å². The summed E-state index contributed by atoms with van der Waals surface area (Å²) in [6, 6.07) is 11.2. The van der Waals surface area contributed by atoms with E-state index in [1.165, 1.54) is 0 Å². The molecule has 7 rings (SSSR count). The van der Waals surface area contributed by atoms with Crippen molar-refractivity contribution in [3.63, 3.8) is 0 Å². The number of rotatable bonds is 7. The molecule has 1 aliphatic heterocycles. The van der Waals surface area contributed by atoms with Gasteiger partial charge in [-0.05, 0) is 95.0 Å². The lowest BCUT2D eigenvalue weighted by Crippen LogP contribution is -2.40. The number of carbonyl (C=O) groups is 2. The molecule has 1 heterocycles. The maximum absolute atomic E-state index is 13.2. The number of amides is 2. The highest BCUT2D eigenvalue weighted by molar-refractivity contribution is 14.1. The van der Waals surface area contributed by atoms with Gasteiger partial charge in [0, 0.05) is 5.02 Å². The predicted molar refractivity (Wildman–Crippen MR) is 140 cm³/mol. The van der Waals surface area contributed by atoms with E-state index < -0.39 is 0 Å². The Morgan fingerprint density at radius 3 is 2.34 bits per heavy atom. The van der Waals surface area contributed by atoms with Crippen LogP contribution in [0.1, 0.15) is 24.5 Å². The Kier molecular flexibility index (Phi) is 5.87. The molecule has 2 aromatic carbocycles. The van der Waals surface area contributed by atoms with Crippen molar-refractivity contribution in [2.24, 2.45) is 40.6 Å². The summed E-state index contributed by atoms with van der Waals surface area (Å²) in [5.74, 6) is 1.92. The van der Waals surface area contributed by atoms with Gasteiger partial charge in [0.25, 0.3) is 11.8 Å². The third-order valence-corrected chi connectivity index (χ3v) is 8.64. The lowest BCUT2D eigenvalue weighted by molar-refractivity contribution is -0.140. The van der Waals surface area contributed by atoms with Gasteiger partial charge in [-0.15, -0.1) is 0 Å². The number of hydrogen-bond acceptors (Lipinski definition) is 5. The molecule has 35 heavy (non-hydrogen) atoms. The topological polar surface area (TPSA) is 68.2 Å². The molecule has 2 amide bonds. The van der Waals surface area contributed by atoms with Crippen molar-refractivity contribution in [3.8, 4) is 11.5 Å². The minimum atomic E-state index is -0.249. The van der Waals surface area contributed by atoms with E-state index in [9.17, 15) is 9.59 Å². The van der Waals surface area contributed by atoms with Gasteiger partial charge in [-0.2, -0.15) is 10.1 Å². The van der Waals surface area contributed by atoms with Crippen LogP contribution < -0.4 is 9.47 Å². The average molecular weight is 603 g/mol. The van der Waals surface area contributed by atoms with Gasteiger partial charge in [-0.1, -0.05) is 35.9 Å². The highest BCUT2D eigenvalue weighted by Gasteiger charge is 2.67. The number of carbonyl (C=O) groups excluding carboxylic acids is 2. The van der Waals surface area contributed by atoms with E-state index in [0.29, 0.717) is 41.6 Å². The van der Waals surface area contributed by atoms with Crippen LogP contribution in [-0.4, -0.2) is 29.6 Å². The summed E-state index contributed by atoms with van der Waals surface area (Å²) in [5.41, 5.74) is 1.73. The molecule has 6 nitrogen and oxygen atoms in total. The third kappa shape index (κ3) is 3.96. The monoisotopic (exact) mass is 602 g/mol. The summed E-state index contributed by atoms with van der Waals surface area (Å²) in [5, 5.41) is 6.14. The molecule has 5 aliphatic rings. The lowest BCUT2D eigenvalue weighted by Gasteiger charge is -2.37. The first-order valence-electron chi connectivity index (χ1n) is 11.9. The van der Waals surface area contributed by atoms with Crippen molar-refractivity contribution >= 4 is 52.2 Å². The van der Waals surface area contributed by atoms with Gasteiger partial charge in [-0.25, -0.2) is 0 Å². The Bertz CT molecular complexity index is 1220. The standard InChI is InChI=1S/C27H24ClIN2O4/c1-2-34-22-10-15(9-21(29)25(22)35-13-14-3-5-16(28)6-4-14)12-30-31-26(32)23-17-7-8-18(20-11-19(17)20)24(23)27(31)33/h3-10,12,17-20,23-24H,2,11,13H2,1H3/t17-,18-,19-,20+,23-,24+/m0/s1. The van der Waals surface area contributed by atoms with Gasteiger partial charge in [-0.3, -0.25) is 9.59 Å². The summed E-state index contributed by atoms with van der Waals surface area (Å²) in [6.45, 7) is 2.75. The molecule has 2 saturated carbocycles. The largest absolute Gasteiger partial charge is 0.490 e. The van der Waals surface area contributed by atoms with Crippen LogP contribution in [-0.2, 0) is 16.2 Å². The van der Waals surface area contributed by atoms with Gasteiger partial charge >= 0.3 is 0 Å². The molecule has 0 unspecified atom stereocenters. The Labute approximate surface area is 222 Å². The number of hydrazone groups is 1. The summed E-state index contributed by atoms with van der Waals surface area (Å²) in [7, 11) is 0. The maximum Gasteiger partial charge on any atom is 0.254 e. The Hall–Kier alpha value is -2.39. The van der Waals surface area contributed by atoms with Gasteiger partial charge < -0.3 is 9.47 Å². The molecule has 0 aromatic heterocycles. The summed E-state index contributed by atoms with van der Waals surface area (Å²) in [6.07, 6.45) is 7.04. The van der Waals surface area contributed by atoms with E-state index in [1.807, 2.05) is 43.3 Å². The van der Waals surface area contributed by atoms with Crippen molar-refractivity contribution in [1.82, 2.24) is 5.01 Å². The Balaban J connectivity index is 1.21. The van der Waals surface area contributed by atoms with Gasteiger partial charge in [0.2, 0.25) is 0 Å². The number of allylic oxidation sites excluding steroid dienone is 2. The smallest absolute Gasteiger partial charge is 0.254 e. The highest BCUT2D eigenvalue weighted by Crippen LogP contribution is 2.65. The zero-order valence-corrected chi connectivity index (χ0v) is 22.0. The first-order chi connectivity index (χ1) is 17.0. The first-order valence-corrected chi connectivity index (χ1v) is 13.4. The average Bonchev–Trinajstić information content (AvgIpc) is 3.63. The van der Waals surface area contributed by atoms with Crippen molar-refractivity contribution in [2.75, 3.05) is 6.61 Å². The van der Waals surface area contributed by atoms with Gasteiger partial charge in [0.15, 0.2) is 11.5 Å². The normalized spacial score (nSPS) is 30.1. The molecule has 0 radical (unpaired) electrons. The van der Waals surface area contributed by atoms with Crippen LogP contribution in [0.5, 0.6) is 11.5 Å². The number of ether oxygens (including phenoxy) is 2. The molecule has 4 aliphatic carbocycles. The van der Waals surface area contributed by atoms with E-state index in [-0.39, 0.29) is 35.5 Å². The molecule has 3 fully saturated rings. The minimum absolute atomic E-state index is 0.163. The molecule has 2 aromatic rings. The second-order valence-electron chi connectivity index (χ2n) is 9.57. The van der Waals surface area contributed by atoms with Crippen LogP contribution in [0.4, 0.5) is 0 Å². The zero-order chi connectivity index (χ0) is 24.3. The molecular formula is C27H24ClIN2O4. The number of hydrogen-bond donors (Lipinski definition) is 0. The second kappa shape index (κ2) is 8.92. The number of imide groups is 1. The third-order valence-electron chi connectivity index (χ3n) is 7.59. The first kappa shape index (κ1) is 23.0. The number of benzene rings is 2.